The molecule has 1 saturated carbocycles. The molecule has 2 heterocycles. The molecule has 3 aromatic rings. The van der Waals surface area contributed by atoms with Crippen LogP contribution in [0.4, 0.5) is 10.1 Å². The highest BCUT2D eigenvalue weighted by Gasteiger charge is 2.47. The third kappa shape index (κ3) is 2.65. The van der Waals surface area contributed by atoms with Crippen molar-refractivity contribution < 1.29 is 9.18 Å². The predicted molar refractivity (Wildman–Crippen MR) is 105 cm³/mol. The molecule has 0 saturated heterocycles. The number of pyridine rings is 1. The highest BCUT2D eigenvalue weighted by molar-refractivity contribution is 6.34. The van der Waals surface area contributed by atoms with Crippen molar-refractivity contribution in [3.05, 3.63) is 53.5 Å². The Bertz CT molecular complexity index is 1110. The quantitative estimate of drug-likeness (QED) is 0.587. The molecular formula is C20H17ClFN5O. The van der Waals surface area contributed by atoms with Crippen LogP contribution in [0.3, 0.4) is 0 Å². The van der Waals surface area contributed by atoms with Crippen molar-refractivity contribution in [2.75, 3.05) is 5.32 Å². The number of nitrogens with zero attached hydrogens (tertiary/aromatic N) is 2. The van der Waals surface area contributed by atoms with Gasteiger partial charge in [0, 0.05) is 11.6 Å². The fourth-order valence-electron chi connectivity index (χ4n) is 4.39. The maximum absolute atomic E-state index is 13.2. The fraction of sp³-hybridized carbons (Fsp3) is 0.250. The van der Waals surface area contributed by atoms with Gasteiger partial charge in [0.2, 0.25) is 5.91 Å². The molecule has 2 bridgehead atoms. The Kier molecular flexibility index (Phi) is 3.87. The van der Waals surface area contributed by atoms with Gasteiger partial charge in [0.15, 0.2) is 5.65 Å². The van der Waals surface area contributed by atoms with Crippen molar-refractivity contribution in [1.29, 1.82) is 0 Å². The molecule has 8 heteroatoms. The molecule has 1 aromatic carbocycles. The van der Waals surface area contributed by atoms with Gasteiger partial charge in [-0.15, -0.1) is 0 Å². The molecule has 0 spiro atoms. The summed E-state index contributed by atoms with van der Waals surface area (Å²) in [6, 6.07) is 5.90. The highest BCUT2D eigenvalue weighted by atomic mass is 35.5. The summed E-state index contributed by atoms with van der Waals surface area (Å²) in [6.45, 7) is 0. The second-order valence-electron chi connectivity index (χ2n) is 7.32. The number of halogens is 2. The molecule has 1 amide bonds. The van der Waals surface area contributed by atoms with E-state index in [0.29, 0.717) is 27.7 Å². The minimum atomic E-state index is -0.315. The number of fused-ring (bicyclic) bond motifs is 3. The number of aromatic amines is 1. The SMILES string of the molecule is NC(=O)C1C2C=CC(C2)C1Nc1c(Cl)cnc2[nH]c(-c3ccc(F)cc3)nc12. The van der Waals surface area contributed by atoms with Crippen molar-refractivity contribution >= 4 is 34.4 Å². The first-order chi connectivity index (χ1) is 13.5. The summed E-state index contributed by atoms with van der Waals surface area (Å²) in [4.78, 5) is 24.1. The lowest BCUT2D eigenvalue weighted by atomic mass is 9.88. The number of nitrogens with one attached hydrogen (secondary N) is 2. The lowest BCUT2D eigenvalue weighted by molar-refractivity contribution is -0.122. The number of benzene rings is 1. The Labute approximate surface area is 165 Å². The van der Waals surface area contributed by atoms with Crippen LogP contribution in [-0.4, -0.2) is 26.9 Å². The highest BCUT2D eigenvalue weighted by Crippen LogP contribution is 2.46. The second kappa shape index (κ2) is 6.31. The average molecular weight is 398 g/mol. The van der Waals surface area contributed by atoms with Crippen LogP contribution in [-0.2, 0) is 4.79 Å². The van der Waals surface area contributed by atoms with Gasteiger partial charge in [0.25, 0.3) is 0 Å². The van der Waals surface area contributed by atoms with E-state index in [1.165, 1.54) is 12.1 Å². The first kappa shape index (κ1) is 17.2. The third-order valence-corrected chi connectivity index (χ3v) is 5.97. The van der Waals surface area contributed by atoms with Gasteiger partial charge < -0.3 is 16.0 Å². The summed E-state index contributed by atoms with van der Waals surface area (Å²) in [5.74, 6) is 0.0225. The molecule has 6 nitrogen and oxygen atoms in total. The monoisotopic (exact) mass is 397 g/mol. The van der Waals surface area contributed by atoms with Gasteiger partial charge in [-0.05, 0) is 42.5 Å². The van der Waals surface area contributed by atoms with E-state index in [0.717, 1.165) is 12.0 Å². The van der Waals surface area contributed by atoms with Crippen LogP contribution in [0.2, 0.25) is 5.02 Å². The topological polar surface area (TPSA) is 96.7 Å². The van der Waals surface area contributed by atoms with E-state index in [9.17, 15) is 9.18 Å². The predicted octanol–water partition coefficient (Wildman–Crippen LogP) is 3.51. The largest absolute Gasteiger partial charge is 0.378 e. The molecule has 2 aliphatic carbocycles. The van der Waals surface area contributed by atoms with Crippen molar-refractivity contribution in [2.45, 2.75) is 12.5 Å². The Hall–Kier alpha value is -2.93. The van der Waals surface area contributed by atoms with E-state index < -0.39 is 0 Å². The number of imidazole rings is 1. The number of aromatic nitrogens is 3. The number of allylic oxidation sites excluding steroid dienone is 1. The first-order valence-corrected chi connectivity index (χ1v) is 9.43. The zero-order valence-electron chi connectivity index (χ0n) is 14.7. The van der Waals surface area contributed by atoms with Crippen molar-refractivity contribution in [2.24, 2.45) is 23.5 Å². The van der Waals surface area contributed by atoms with Gasteiger partial charge in [-0.3, -0.25) is 4.79 Å². The number of hydrogen-bond donors (Lipinski definition) is 3. The van der Waals surface area contributed by atoms with E-state index in [4.69, 9.17) is 17.3 Å². The van der Waals surface area contributed by atoms with Crippen LogP contribution < -0.4 is 11.1 Å². The molecule has 1 fully saturated rings. The maximum Gasteiger partial charge on any atom is 0.223 e. The Morgan fingerprint density at radius 3 is 2.75 bits per heavy atom. The summed E-state index contributed by atoms with van der Waals surface area (Å²) < 4.78 is 13.2. The molecular weight excluding hydrogens is 381 g/mol. The van der Waals surface area contributed by atoms with Crippen LogP contribution in [0.5, 0.6) is 0 Å². The molecule has 2 aliphatic rings. The van der Waals surface area contributed by atoms with Crippen molar-refractivity contribution in [3.8, 4) is 11.4 Å². The van der Waals surface area contributed by atoms with Gasteiger partial charge in [0.1, 0.15) is 17.2 Å². The smallest absolute Gasteiger partial charge is 0.223 e. The number of primary amides is 1. The lowest BCUT2D eigenvalue weighted by Crippen LogP contribution is -2.41. The summed E-state index contributed by atoms with van der Waals surface area (Å²) in [7, 11) is 0. The fourth-order valence-corrected chi connectivity index (χ4v) is 4.58. The molecule has 0 aliphatic heterocycles. The molecule has 142 valence electrons. The summed E-state index contributed by atoms with van der Waals surface area (Å²) in [6.07, 6.45) is 6.64. The van der Waals surface area contributed by atoms with E-state index >= 15 is 0 Å². The van der Waals surface area contributed by atoms with E-state index in [2.05, 4.69) is 32.4 Å². The molecule has 5 rings (SSSR count). The van der Waals surface area contributed by atoms with Crippen LogP contribution in [0.25, 0.3) is 22.6 Å². The molecule has 2 aromatic heterocycles. The zero-order valence-corrected chi connectivity index (χ0v) is 15.4. The Morgan fingerprint density at radius 1 is 1.25 bits per heavy atom. The standard InChI is InChI=1S/C20H17ClFN5O/c21-13-8-24-20-17(26-19(27-20)9-3-5-12(22)6-4-9)16(13)25-15-11-2-1-10(7-11)14(15)18(23)28/h1-6,8,10-11,14-15H,7H2,(H2,23,28)(H2,24,25,26,27). The molecule has 28 heavy (non-hydrogen) atoms. The van der Waals surface area contributed by atoms with Gasteiger partial charge >= 0.3 is 0 Å². The van der Waals surface area contributed by atoms with Gasteiger partial charge in [0.05, 0.1) is 22.8 Å². The Morgan fingerprint density at radius 2 is 2.00 bits per heavy atom. The normalized spacial score (nSPS) is 25.5. The number of carbonyl (C=O) groups is 1. The maximum atomic E-state index is 13.2. The number of amides is 1. The van der Waals surface area contributed by atoms with Crippen LogP contribution in [0.15, 0.2) is 42.6 Å². The number of carbonyl (C=O) groups excluding carboxylic acids is 1. The van der Waals surface area contributed by atoms with Crippen LogP contribution in [0, 0.1) is 23.6 Å². The Balaban J connectivity index is 1.56. The zero-order chi connectivity index (χ0) is 19.4. The molecule has 4 N–H and O–H groups in total. The first-order valence-electron chi connectivity index (χ1n) is 9.05. The third-order valence-electron chi connectivity index (χ3n) is 5.68. The number of anilines is 1. The summed E-state index contributed by atoms with van der Waals surface area (Å²) >= 11 is 6.42. The minimum Gasteiger partial charge on any atom is -0.378 e. The van der Waals surface area contributed by atoms with E-state index in [1.54, 1.807) is 18.3 Å². The van der Waals surface area contributed by atoms with Gasteiger partial charge in [-0.1, -0.05) is 23.8 Å². The van der Waals surface area contributed by atoms with E-state index in [1.807, 2.05) is 0 Å². The van der Waals surface area contributed by atoms with Crippen LogP contribution in [0.1, 0.15) is 6.42 Å². The minimum absolute atomic E-state index is 0.137. The lowest BCUT2D eigenvalue weighted by Gasteiger charge is -2.27. The number of nitrogens with two attached hydrogens (primary N) is 1. The van der Waals surface area contributed by atoms with Gasteiger partial charge in [-0.2, -0.15) is 0 Å². The number of hydrogen-bond acceptors (Lipinski definition) is 4. The second-order valence-corrected chi connectivity index (χ2v) is 7.72. The summed E-state index contributed by atoms with van der Waals surface area (Å²) in [5, 5.41) is 3.84. The van der Waals surface area contributed by atoms with E-state index in [-0.39, 0.29) is 35.5 Å². The molecule has 4 unspecified atom stereocenters. The van der Waals surface area contributed by atoms with Gasteiger partial charge in [-0.25, -0.2) is 14.4 Å². The number of rotatable bonds is 4. The van der Waals surface area contributed by atoms with Crippen molar-refractivity contribution in [1.82, 2.24) is 15.0 Å². The summed E-state index contributed by atoms with van der Waals surface area (Å²) in [5.41, 5.74) is 8.14. The molecule has 0 radical (unpaired) electrons. The van der Waals surface area contributed by atoms with Crippen molar-refractivity contribution in [3.63, 3.8) is 0 Å². The molecule has 4 atom stereocenters. The number of H-pyrrole nitrogens is 1. The van der Waals surface area contributed by atoms with Crippen LogP contribution >= 0.6 is 11.6 Å². The average Bonchev–Trinajstić information content (AvgIpc) is 3.38.